The smallest absolute Gasteiger partial charge is 0.363 e. The van der Waals surface area contributed by atoms with Crippen molar-refractivity contribution in [2.45, 2.75) is 32.6 Å². The summed E-state index contributed by atoms with van der Waals surface area (Å²) in [4.78, 5) is 16.5. The van der Waals surface area contributed by atoms with E-state index in [4.69, 9.17) is 4.74 Å². The van der Waals surface area contributed by atoms with Crippen molar-refractivity contribution >= 4 is 17.9 Å². The van der Waals surface area contributed by atoms with Crippen molar-refractivity contribution in [1.29, 1.82) is 0 Å². The fourth-order valence-electron chi connectivity index (χ4n) is 2.85. The molecule has 0 spiro atoms. The zero-order valence-electron chi connectivity index (χ0n) is 14.1. The summed E-state index contributed by atoms with van der Waals surface area (Å²) in [6.07, 6.45) is 10.4. The number of carbonyl (C=O) groups excluding carboxylic acids is 1. The van der Waals surface area contributed by atoms with Gasteiger partial charge in [0.1, 0.15) is 5.75 Å². The normalized spacial score (nSPS) is 22.0. The zero-order chi connectivity index (χ0) is 17.3. The largest absolute Gasteiger partial charge is 0.508 e. The SMILES string of the molecule is CC(C)(C)c1ccc(O)cc1/C=C1\N=C(C2C=CC=CC2)OC1=O. The number of nitrogens with zero attached hydrogens (tertiary/aromatic N) is 1. The van der Waals surface area contributed by atoms with Crippen LogP contribution in [0.1, 0.15) is 38.3 Å². The van der Waals surface area contributed by atoms with Crippen LogP contribution in [0.3, 0.4) is 0 Å². The zero-order valence-corrected chi connectivity index (χ0v) is 14.1. The van der Waals surface area contributed by atoms with E-state index in [2.05, 4.69) is 25.8 Å². The molecule has 1 unspecified atom stereocenters. The second kappa shape index (κ2) is 6.11. The number of hydrogen-bond donors (Lipinski definition) is 1. The van der Waals surface area contributed by atoms with Gasteiger partial charge in [0, 0.05) is 0 Å². The molecule has 24 heavy (non-hydrogen) atoms. The van der Waals surface area contributed by atoms with Gasteiger partial charge in [-0.1, -0.05) is 51.1 Å². The van der Waals surface area contributed by atoms with Crippen molar-refractivity contribution in [2.24, 2.45) is 10.9 Å². The summed E-state index contributed by atoms with van der Waals surface area (Å²) >= 11 is 0. The van der Waals surface area contributed by atoms with Crippen molar-refractivity contribution < 1.29 is 14.6 Å². The third kappa shape index (κ3) is 3.32. The summed E-state index contributed by atoms with van der Waals surface area (Å²) in [5, 5.41) is 9.80. The van der Waals surface area contributed by atoms with Crippen LogP contribution in [0.2, 0.25) is 0 Å². The number of aromatic hydroxyl groups is 1. The average molecular weight is 323 g/mol. The molecule has 0 saturated heterocycles. The van der Waals surface area contributed by atoms with E-state index in [9.17, 15) is 9.90 Å². The summed E-state index contributed by atoms with van der Waals surface area (Å²) in [5.41, 5.74) is 1.96. The second-order valence-electron chi connectivity index (χ2n) is 7.05. The fourth-order valence-corrected chi connectivity index (χ4v) is 2.85. The first-order chi connectivity index (χ1) is 11.3. The van der Waals surface area contributed by atoms with Crippen molar-refractivity contribution in [2.75, 3.05) is 0 Å². The highest BCUT2D eigenvalue weighted by atomic mass is 16.6. The highest BCUT2D eigenvalue weighted by Crippen LogP contribution is 2.31. The number of carbonyl (C=O) groups is 1. The molecule has 1 atom stereocenters. The van der Waals surface area contributed by atoms with Crippen LogP contribution in [0, 0.1) is 5.92 Å². The molecule has 1 N–H and O–H groups in total. The van der Waals surface area contributed by atoms with E-state index < -0.39 is 5.97 Å². The number of hydrogen-bond acceptors (Lipinski definition) is 4. The number of ether oxygens (including phenoxy) is 1. The van der Waals surface area contributed by atoms with Gasteiger partial charge < -0.3 is 9.84 Å². The van der Waals surface area contributed by atoms with E-state index in [1.807, 2.05) is 30.4 Å². The summed E-state index contributed by atoms with van der Waals surface area (Å²) in [6.45, 7) is 6.26. The molecule has 4 nitrogen and oxygen atoms in total. The Bertz CT molecular complexity index is 792. The molecule has 0 aromatic heterocycles. The van der Waals surface area contributed by atoms with Gasteiger partial charge in [-0.15, -0.1) is 0 Å². The maximum Gasteiger partial charge on any atom is 0.363 e. The van der Waals surface area contributed by atoms with Crippen LogP contribution in [0.15, 0.2) is 53.2 Å². The highest BCUT2D eigenvalue weighted by molar-refractivity contribution is 6.08. The predicted molar refractivity (Wildman–Crippen MR) is 94.7 cm³/mol. The van der Waals surface area contributed by atoms with Gasteiger partial charge in [-0.3, -0.25) is 0 Å². The van der Waals surface area contributed by atoms with Gasteiger partial charge in [-0.2, -0.15) is 0 Å². The molecule has 0 amide bonds. The monoisotopic (exact) mass is 323 g/mol. The standard InChI is InChI=1S/C20H21NO3/c1-20(2,3)16-10-9-15(22)11-14(16)12-17-19(23)24-18(21-17)13-7-5-4-6-8-13/h4-7,9-13,22H,8H2,1-3H3/b17-12-. The minimum Gasteiger partial charge on any atom is -0.508 e. The Hall–Kier alpha value is -2.62. The molecule has 1 heterocycles. The van der Waals surface area contributed by atoms with Gasteiger partial charge in [0.15, 0.2) is 5.70 Å². The molecule has 4 heteroatoms. The lowest BCUT2D eigenvalue weighted by Crippen LogP contribution is -2.14. The van der Waals surface area contributed by atoms with Crippen LogP contribution in [0.4, 0.5) is 0 Å². The number of phenolic OH excluding ortho intramolecular Hbond substituents is 1. The molecular weight excluding hydrogens is 302 g/mol. The fraction of sp³-hybridized carbons (Fsp3) is 0.300. The van der Waals surface area contributed by atoms with Crippen LogP contribution in [0.25, 0.3) is 6.08 Å². The van der Waals surface area contributed by atoms with E-state index in [0.29, 0.717) is 5.90 Å². The topological polar surface area (TPSA) is 58.9 Å². The molecule has 0 saturated carbocycles. The van der Waals surface area contributed by atoms with E-state index in [-0.39, 0.29) is 22.8 Å². The maximum atomic E-state index is 12.2. The maximum absolute atomic E-state index is 12.2. The Balaban J connectivity index is 1.98. The first-order valence-electron chi connectivity index (χ1n) is 8.04. The van der Waals surface area contributed by atoms with Crippen LogP contribution in [-0.4, -0.2) is 17.0 Å². The minimum atomic E-state index is -0.448. The lowest BCUT2D eigenvalue weighted by Gasteiger charge is -2.21. The second-order valence-corrected chi connectivity index (χ2v) is 7.05. The molecule has 1 aliphatic heterocycles. The minimum absolute atomic E-state index is 0.00360. The number of rotatable bonds is 2. The lowest BCUT2D eigenvalue weighted by molar-refractivity contribution is -0.130. The first kappa shape index (κ1) is 16.2. The Morgan fingerprint density at radius 2 is 2.08 bits per heavy atom. The molecule has 0 bridgehead atoms. The first-order valence-corrected chi connectivity index (χ1v) is 8.04. The quantitative estimate of drug-likeness (QED) is 0.658. The lowest BCUT2D eigenvalue weighted by atomic mass is 9.83. The van der Waals surface area contributed by atoms with Gasteiger partial charge in [0.25, 0.3) is 0 Å². The van der Waals surface area contributed by atoms with Crippen molar-refractivity contribution in [3.8, 4) is 5.75 Å². The Kier molecular flexibility index (Phi) is 4.14. The van der Waals surface area contributed by atoms with Gasteiger partial charge >= 0.3 is 5.97 Å². The van der Waals surface area contributed by atoms with Crippen molar-refractivity contribution in [3.63, 3.8) is 0 Å². The Morgan fingerprint density at radius 3 is 2.75 bits per heavy atom. The van der Waals surface area contributed by atoms with Gasteiger partial charge in [-0.25, -0.2) is 9.79 Å². The molecule has 1 aromatic rings. The van der Waals surface area contributed by atoms with Crippen LogP contribution in [0.5, 0.6) is 5.75 Å². The number of phenols is 1. The summed E-state index contributed by atoms with van der Waals surface area (Å²) in [5.74, 6) is 0.141. The number of cyclic esters (lactones) is 1. The molecule has 1 aliphatic carbocycles. The van der Waals surface area contributed by atoms with Crippen LogP contribution < -0.4 is 0 Å². The number of benzene rings is 1. The van der Waals surface area contributed by atoms with E-state index in [0.717, 1.165) is 17.5 Å². The van der Waals surface area contributed by atoms with Crippen LogP contribution in [-0.2, 0) is 14.9 Å². The molecule has 0 fully saturated rings. The van der Waals surface area contributed by atoms with E-state index in [1.165, 1.54) is 0 Å². The van der Waals surface area contributed by atoms with E-state index >= 15 is 0 Å². The van der Waals surface area contributed by atoms with E-state index in [1.54, 1.807) is 18.2 Å². The van der Waals surface area contributed by atoms with Crippen molar-refractivity contribution in [3.05, 3.63) is 59.3 Å². The number of allylic oxidation sites excluding steroid dienone is 3. The third-order valence-corrected chi connectivity index (χ3v) is 4.07. The molecule has 2 aliphatic rings. The summed E-state index contributed by atoms with van der Waals surface area (Å²) in [6, 6.07) is 5.18. The molecule has 0 radical (unpaired) electrons. The summed E-state index contributed by atoms with van der Waals surface area (Å²) < 4.78 is 5.34. The molecular formula is C20H21NO3. The predicted octanol–water partition coefficient (Wildman–Crippen LogP) is 4.12. The number of aliphatic imine (C=N–C) groups is 1. The highest BCUT2D eigenvalue weighted by Gasteiger charge is 2.28. The Morgan fingerprint density at radius 1 is 1.29 bits per heavy atom. The Labute approximate surface area is 141 Å². The summed E-state index contributed by atoms with van der Waals surface area (Å²) in [7, 11) is 0. The van der Waals surface area contributed by atoms with Gasteiger partial charge in [0.05, 0.1) is 5.92 Å². The van der Waals surface area contributed by atoms with Gasteiger partial charge in [-0.05, 0) is 41.2 Å². The molecule has 3 rings (SSSR count). The van der Waals surface area contributed by atoms with Gasteiger partial charge in [0.2, 0.25) is 5.90 Å². The average Bonchev–Trinajstić information content (AvgIpc) is 2.88. The van der Waals surface area contributed by atoms with Crippen LogP contribution >= 0.6 is 0 Å². The third-order valence-electron chi connectivity index (χ3n) is 4.07. The van der Waals surface area contributed by atoms with Crippen molar-refractivity contribution in [1.82, 2.24) is 0 Å². The molecule has 1 aromatic carbocycles. The number of esters is 1. The molecule has 124 valence electrons.